The number of carbonyl (C=O) groups is 1. The van der Waals surface area contributed by atoms with E-state index in [0.29, 0.717) is 0 Å². The predicted octanol–water partition coefficient (Wildman–Crippen LogP) is 3.90. The molecule has 0 aliphatic carbocycles. The smallest absolute Gasteiger partial charge is 0.270 e. The molecule has 1 aromatic heterocycles. The highest BCUT2D eigenvalue weighted by Gasteiger charge is 2.21. The average molecular weight is 394 g/mol. The van der Waals surface area contributed by atoms with Gasteiger partial charge in [-0.05, 0) is 39.0 Å². The second-order valence-electron chi connectivity index (χ2n) is 6.77. The molecule has 0 spiro atoms. The normalized spacial score (nSPS) is 11.7. The second kappa shape index (κ2) is 8.14. The van der Waals surface area contributed by atoms with Gasteiger partial charge in [-0.25, -0.2) is 4.68 Å². The third kappa shape index (κ3) is 4.11. The lowest BCUT2D eigenvalue weighted by Gasteiger charge is -2.15. The molecule has 1 atom stereocenters. The van der Waals surface area contributed by atoms with Crippen LogP contribution in [0.25, 0.3) is 5.69 Å². The van der Waals surface area contributed by atoms with Crippen LogP contribution in [0.1, 0.15) is 40.1 Å². The van der Waals surface area contributed by atoms with Crippen LogP contribution >= 0.6 is 0 Å². The maximum absolute atomic E-state index is 12.8. The van der Waals surface area contributed by atoms with Crippen LogP contribution in [-0.4, -0.2) is 27.7 Å². The van der Waals surface area contributed by atoms with Crippen LogP contribution < -0.4 is 10.1 Å². The van der Waals surface area contributed by atoms with Gasteiger partial charge in [-0.15, -0.1) is 0 Å². The van der Waals surface area contributed by atoms with Crippen molar-refractivity contribution in [3.63, 3.8) is 0 Å². The predicted molar refractivity (Wildman–Crippen MR) is 109 cm³/mol. The lowest BCUT2D eigenvalue weighted by Crippen LogP contribution is -2.27. The van der Waals surface area contributed by atoms with Gasteiger partial charge in [0, 0.05) is 23.4 Å². The Balaban J connectivity index is 1.85. The summed E-state index contributed by atoms with van der Waals surface area (Å²) in [6.07, 6.45) is 1.71. The molecule has 0 aliphatic heterocycles. The van der Waals surface area contributed by atoms with E-state index in [0.717, 1.165) is 22.5 Å². The number of aryl methyl sites for hydroxylation is 1. The number of hydrogen-bond acceptors (Lipinski definition) is 5. The van der Waals surface area contributed by atoms with Crippen molar-refractivity contribution in [1.29, 1.82) is 0 Å². The van der Waals surface area contributed by atoms with E-state index >= 15 is 0 Å². The number of nitro benzene ring substituents is 1. The summed E-state index contributed by atoms with van der Waals surface area (Å²) in [4.78, 5) is 23.3. The second-order valence-corrected chi connectivity index (χ2v) is 6.77. The number of methoxy groups -OCH3 is 1. The van der Waals surface area contributed by atoms with Crippen molar-refractivity contribution in [2.45, 2.75) is 26.8 Å². The van der Waals surface area contributed by atoms with Crippen LogP contribution in [0.5, 0.6) is 5.75 Å². The zero-order chi connectivity index (χ0) is 21.1. The number of rotatable bonds is 6. The molecule has 0 fully saturated rings. The zero-order valence-corrected chi connectivity index (χ0v) is 16.7. The van der Waals surface area contributed by atoms with E-state index in [4.69, 9.17) is 4.74 Å². The summed E-state index contributed by atoms with van der Waals surface area (Å²) in [7, 11) is 1.41. The van der Waals surface area contributed by atoms with Crippen LogP contribution in [0, 0.1) is 24.0 Å². The van der Waals surface area contributed by atoms with Gasteiger partial charge in [0.1, 0.15) is 5.75 Å². The summed E-state index contributed by atoms with van der Waals surface area (Å²) >= 11 is 0. The van der Waals surface area contributed by atoms with Crippen molar-refractivity contribution in [2.24, 2.45) is 0 Å². The monoisotopic (exact) mass is 394 g/mol. The fourth-order valence-corrected chi connectivity index (χ4v) is 3.13. The number of benzene rings is 2. The molecule has 8 heteroatoms. The van der Waals surface area contributed by atoms with E-state index in [1.807, 2.05) is 49.7 Å². The van der Waals surface area contributed by atoms with E-state index in [1.165, 1.54) is 25.3 Å². The van der Waals surface area contributed by atoms with Crippen LogP contribution in [0.2, 0.25) is 0 Å². The summed E-state index contributed by atoms with van der Waals surface area (Å²) in [5.41, 5.74) is 3.77. The maximum atomic E-state index is 12.8. The van der Waals surface area contributed by atoms with E-state index in [1.54, 1.807) is 6.20 Å². The molecule has 3 aromatic rings. The molecular formula is C21H22N4O4. The number of carbonyl (C=O) groups excluding carboxylic acids is 1. The fourth-order valence-electron chi connectivity index (χ4n) is 3.13. The first kappa shape index (κ1) is 20.1. The molecule has 1 heterocycles. The van der Waals surface area contributed by atoms with Crippen LogP contribution in [-0.2, 0) is 0 Å². The summed E-state index contributed by atoms with van der Waals surface area (Å²) in [6.45, 7) is 5.79. The molecule has 2 aromatic carbocycles. The lowest BCUT2D eigenvalue weighted by atomic mass is 10.1. The zero-order valence-electron chi connectivity index (χ0n) is 16.7. The third-order valence-corrected chi connectivity index (χ3v) is 4.78. The number of hydrogen-bond donors (Lipinski definition) is 1. The molecule has 29 heavy (non-hydrogen) atoms. The number of nitrogens with zero attached hydrogens (tertiary/aromatic N) is 3. The minimum absolute atomic E-state index is 0.108. The lowest BCUT2D eigenvalue weighted by molar-refractivity contribution is -0.384. The minimum Gasteiger partial charge on any atom is -0.496 e. The Bertz CT molecular complexity index is 1060. The van der Waals surface area contributed by atoms with Gasteiger partial charge >= 0.3 is 0 Å². The minimum atomic E-state index is -0.546. The van der Waals surface area contributed by atoms with Crippen molar-refractivity contribution in [2.75, 3.05) is 7.11 Å². The van der Waals surface area contributed by atoms with Crippen LogP contribution in [0.3, 0.4) is 0 Å². The molecule has 0 bridgehead atoms. The van der Waals surface area contributed by atoms with E-state index < -0.39 is 10.8 Å². The standard InChI is InChI=1S/C21H22N4O4/c1-13-5-7-16(8-6-13)24-15(3)19(12-22-24)14(2)23-21(26)18-11-17(25(27)28)9-10-20(18)29-4/h5-12,14H,1-4H3,(H,23,26)/t14-/m1/s1. The van der Waals surface area contributed by atoms with Gasteiger partial charge in [0.05, 0.1) is 35.5 Å². The number of nitro groups is 1. The van der Waals surface area contributed by atoms with E-state index in [2.05, 4.69) is 10.4 Å². The highest BCUT2D eigenvalue weighted by molar-refractivity contribution is 5.97. The van der Waals surface area contributed by atoms with Gasteiger partial charge in [0.25, 0.3) is 11.6 Å². The summed E-state index contributed by atoms with van der Waals surface area (Å²) in [6, 6.07) is 11.6. The summed E-state index contributed by atoms with van der Waals surface area (Å²) in [5, 5.41) is 18.4. The highest BCUT2D eigenvalue weighted by Crippen LogP contribution is 2.26. The van der Waals surface area contributed by atoms with Crippen molar-refractivity contribution in [3.05, 3.63) is 81.2 Å². The summed E-state index contributed by atoms with van der Waals surface area (Å²) in [5.74, 6) is -0.187. The molecule has 150 valence electrons. The first-order chi connectivity index (χ1) is 13.8. The molecule has 0 aliphatic rings. The maximum Gasteiger partial charge on any atom is 0.270 e. The van der Waals surface area contributed by atoms with Crippen molar-refractivity contribution >= 4 is 11.6 Å². The molecule has 0 saturated heterocycles. The Hall–Kier alpha value is -3.68. The Morgan fingerprint density at radius 2 is 1.90 bits per heavy atom. The first-order valence-electron chi connectivity index (χ1n) is 9.06. The van der Waals surface area contributed by atoms with E-state index in [9.17, 15) is 14.9 Å². The first-order valence-corrected chi connectivity index (χ1v) is 9.06. The number of non-ortho nitro benzene ring substituents is 1. The largest absolute Gasteiger partial charge is 0.496 e. The molecule has 0 unspecified atom stereocenters. The van der Waals surface area contributed by atoms with Crippen molar-refractivity contribution in [3.8, 4) is 11.4 Å². The molecule has 0 saturated carbocycles. The van der Waals surface area contributed by atoms with Crippen LogP contribution in [0.4, 0.5) is 5.69 Å². The van der Waals surface area contributed by atoms with Gasteiger partial charge in [0.15, 0.2) is 0 Å². The average Bonchev–Trinajstić information content (AvgIpc) is 3.09. The topological polar surface area (TPSA) is 99.3 Å². The van der Waals surface area contributed by atoms with Gasteiger partial charge in [-0.2, -0.15) is 5.10 Å². The van der Waals surface area contributed by atoms with Crippen molar-refractivity contribution < 1.29 is 14.5 Å². The van der Waals surface area contributed by atoms with Gasteiger partial charge in [-0.1, -0.05) is 17.7 Å². The Kier molecular flexibility index (Phi) is 5.63. The van der Waals surface area contributed by atoms with Crippen molar-refractivity contribution in [1.82, 2.24) is 15.1 Å². The highest BCUT2D eigenvalue weighted by atomic mass is 16.6. The molecular weight excluding hydrogens is 372 g/mol. The quantitative estimate of drug-likeness (QED) is 0.505. The Morgan fingerprint density at radius 1 is 1.21 bits per heavy atom. The molecule has 0 radical (unpaired) electrons. The molecule has 3 rings (SSSR count). The third-order valence-electron chi connectivity index (χ3n) is 4.78. The molecule has 1 N–H and O–H groups in total. The molecule has 1 amide bonds. The number of nitrogens with one attached hydrogen (secondary N) is 1. The summed E-state index contributed by atoms with van der Waals surface area (Å²) < 4.78 is 6.99. The Labute approximate surface area is 168 Å². The van der Waals surface area contributed by atoms with Gasteiger partial charge < -0.3 is 10.1 Å². The SMILES string of the molecule is COc1ccc([N+](=O)[O-])cc1C(=O)N[C@H](C)c1cnn(-c2ccc(C)cc2)c1C. The Morgan fingerprint density at radius 3 is 2.52 bits per heavy atom. The van der Waals surface area contributed by atoms with Crippen LogP contribution in [0.15, 0.2) is 48.7 Å². The van der Waals surface area contributed by atoms with Gasteiger partial charge in [0.2, 0.25) is 0 Å². The van der Waals surface area contributed by atoms with Gasteiger partial charge in [-0.3, -0.25) is 14.9 Å². The van der Waals surface area contributed by atoms with E-state index in [-0.39, 0.29) is 23.0 Å². The molecule has 8 nitrogen and oxygen atoms in total. The number of ether oxygens (including phenoxy) is 1. The number of amides is 1. The number of aromatic nitrogens is 2. The fraction of sp³-hybridized carbons (Fsp3) is 0.238.